The lowest BCUT2D eigenvalue weighted by molar-refractivity contribution is 1.13. The molecule has 0 N–H and O–H groups in total. The van der Waals surface area contributed by atoms with Gasteiger partial charge in [-0.2, -0.15) is 0 Å². The van der Waals surface area contributed by atoms with Gasteiger partial charge in [0.05, 0.1) is 44.9 Å². The fraction of sp³-hybridized carbons (Fsp3) is 0. The zero-order valence-corrected chi connectivity index (χ0v) is 22.1. The van der Waals surface area contributed by atoms with E-state index in [4.69, 9.17) is 15.0 Å². The van der Waals surface area contributed by atoms with E-state index in [1.807, 2.05) is 36.4 Å². The van der Waals surface area contributed by atoms with E-state index in [0.29, 0.717) is 0 Å². The van der Waals surface area contributed by atoms with Crippen molar-refractivity contribution >= 4 is 55.9 Å². The molecule has 1 aliphatic heterocycles. The normalized spacial score (nSPS) is 12.7. The van der Waals surface area contributed by atoms with Crippen molar-refractivity contribution < 1.29 is 0 Å². The molecule has 1 aliphatic rings. The highest BCUT2D eigenvalue weighted by molar-refractivity contribution is 5.95. The summed E-state index contributed by atoms with van der Waals surface area (Å²) in [5.74, 6) is 0.842. The molecule has 0 fully saturated rings. The zero-order chi connectivity index (χ0) is 27.2. The van der Waals surface area contributed by atoms with Crippen LogP contribution in [0.1, 0.15) is 17.0 Å². The number of fused-ring (bicyclic) bond motifs is 4. The maximum atomic E-state index is 5.16. The fourth-order valence-corrected chi connectivity index (χ4v) is 5.63. The summed E-state index contributed by atoms with van der Waals surface area (Å²) in [6.45, 7) is 0. The van der Waals surface area contributed by atoms with Gasteiger partial charge >= 0.3 is 0 Å². The Labute approximate surface area is 237 Å². The van der Waals surface area contributed by atoms with Gasteiger partial charge in [-0.3, -0.25) is 4.90 Å². The summed E-state index contributed by atoms with van der Waals surface area (Å²) < 4.78 is 0. The van der Waals surface area contributed by atoms with Crippen LogP contribution in [0.15, 0.2) is 145 Å². The first-order chi connectivity index (χ1) is 20.3. The number of para-hydroxylation sites is 4. The third-order valence-corrected chi connectivity index (χ3v) is 7.62. The standard InChI is InChI=1S/C37H24N4/c1-5-13-29-25(9-1)17-21-32(38-29)37(33-22-18-26-10-2-6-14-30(26)39-33)35-23-19-28-12-4-8-16-34(28)41(35)36-24-20-27-11-3-7-15-31(27)40-36/h1-24H. The number of aromatic nitrogens is 3. The number of nitrogens with zero attached hydrogens (tertiary/aromatic N) is 4. The van der Waals surface area contributed by atoms with Gasteiger partial charge in [0, 0.05) is 16.2 Å². The molecule has 192 valence electrons. The second kappa shape index (κ2) is 9.54. The van der Waals surface area contributed by atoms with Crippen LogP contribution in [0, 0.1) is 0 Å². The number of hydrogen-bond acceptors (Lipinski definition) is 4. The van der Waals surface area contributed by atoms with Crippen LogP contribution < -0.4 is 4.90 Å². The lowest BCUT2D eigenvalue weighted by Gasteiger charge is -2.31. The molecule has 0 spiro atoms. The molecule has 4 nitrogen and oxygen atoms in total. The molecule has 0 bridgehead atoms. The number of rotatable bonds is 3. The Kier molecular flexibility index (Phi) is 5.42. The molecule has 4 heteroatoms. The summed E-state index contributed by atoms with van der Waals surface area (Å²) in [7, 11) is 0. The van der Waals surface area contributed by atoms with Crippen molar-refractivity contribution in [1.29, 1.82) is 0 Å². The maximum absolute atomic E-state index is 5.16. The molecule has 0 saturated heterocycles. The topological polar surface area (TPSA) is 41.9 Å². The molecule has 3 aromatic heterocycles. The van der Waals surface area contributed by atoms with Gasteiger partial charge in [0.15, 0.2) is 0 Å². The van der Waals surface area contributed by atoms with Crippen LogP contribution >= 0.6 is 0 Å². The fourth-order valence-electron chi connectivity index (χ4n) is 5.63. The third-order valence-electron chi connectivity index (χ3n) is 7.62. The molecule has 0 saturated carbocycles. The maximum Gasteiger partial charge on any atom is 0.138 e. The predicted molar refractivity (Wildman–Crippen MR) is 169 cm³/mol. The number of allylic oxidation sites excluding steroid dienone is 1. The average molecular weight is 525 g/mol. The van der Waals surface area contributed by atoms with E-state index >= 15 is 0 Å². The Bertz CT molecular complexity index is 2100. The summed E-state index contributed by atoms with van der Waals surface area (Å²) in [6.07, 6.45) is 4.34. The van der Waals surface area contributed by atoms with Crippen molar-refractivity contribution in [2.45, 2.75) is 0 Å². The van der Waals surface area contributed by atoms with E-state index in [9.17, 15) is 0 Å². The predicted octanol–water partition coefficient (Wildman–Crippen LogP) is 8.96. The van der Waals surface area contributed by atoms with Crippen molar-refractivity contribution in [3.8, 4) is 0 Å². The van der Waals surface area contributed by atoms with Gasteiger partial charge in [0.2, 0.25) is 0 Å². The van der Waals surface area contributed by atoms with Crippen LogP contribution in [-0.4, -0.2) is 15.0 Å². The lowest BCUT2D eigenvalue weighted by atomic mass is 9.97. The number of pyridine rings is 3. The van der Waals surface area contributed by atoms with E-state index in [-0.39, 0.29) is 0 Å². The molecule has 4 aromatic carbocycles. The first-order valence-corrected chi connectivity index (χ1v) is 13.7. The molecule has 0 atom stereocenters. The molecule has 0 radical (unpaired) electrons. The molecular formula is C37H24N4. The van der Waals surface area contributed by atoms with E-state index in [2.05, 4.69) is 114 Å². The second-order valence-corrected chi connectivity index (χ2v) is 10.1. The minimum Gasteiger partial charge on any atom is -0.294 e. The first kappa shape index (κ1) is 23.3. The van der Waals surface area contributed by atoms with Crippen LogP contribution in [0.2, 0.25) is 0 Å². The molecule has 0 aliphatic carbocycles. The Balaban J connectivity index is 1.45. The minimum absolute atomic E-state index is 0.842. The molecule has 8 rings (SSSR count). The largest absolute Gasteiger partial charge is 0.294 e. The number of hydrogen-bond donors (Lipinski definition) is 0. The SMILES string of the molecule is C1=Cc2ccccc2N(c2ccc3ccccc3n2)C1=C(c1ccc2ccccc2n1)c1ccc2ccccc2n1. The summed E-state index contributed by atoms with van der Waals surface area (Å²) in [5, 5.41) is 3.31. The number of benzene rings is 4. The number of anilines is 2. The molecule has 0 amide bonds. The molecular weight excluding hydrogens is 500 g/mol. The highest BCUT2D eigenvalue weighted by Gasteiger charge is 2.26. The Morgan fingerprint density at radius 2 is 0.951 bits per heavy atom. The quantitative estimate of drug-likeness (QED) is 0.231. The van der Waals surface area contributed by atoms with Crippen molar-refractivity contribution in [3.63, 3.8) is 0 Å². The Morgan fingerprint density at radius 1 is 0.439 bits per heavy atom. The van der Waals surface area contributed by atoms with Crippen LogP contribution in [0.4, 0.5) is 11.5 Å². The minimum atomic E-state index is 0.842. The monoisotopic (exact) mass is 524 g/mol. The van der Waals surface area contributed by atoms with Gasteiger partial charge in [-0.25, -0.2) is 15.0 Å². The van der Waals surface area contributed by atoms with Crippen LogP contribution in [0.25, 0.3) is 44.4 Å². The lowest BCUT2D eigenvalue weighted by Crippen LogP contribution is -2.22. The highest BCUT2D eigenvalue weighted by Crippen LogP contribution is 2.41. The van der Waals surface area contributed by atoms with Crippen molar-refractivity contribution in [2.24, 2.45) is 0 Å². The van der Waals surface area contributed by atoms with E-state index in [1.54, 1.807) is 0 Å². The van der Waals surface area contributed by atoms with Gasteiger partial charge in [0.25, 0.3) is 0 Å². The van der Waals surface area contributed by atoms with Gasteiger partial charge in [-0.1, -0.05) is 91.0 Å². The average Bonchev–Trinajstić information content (AvgIpc) is 3.04. The van der Waals surface area contributed by atoms with E-state index in [1.165, 1.54) is 0 Å². The van der Waals surface area contributed by atoms with Gasteiger partial charge in [-0.05, 0) is 60.2 Å². The second-order valence-electron chi connectivity index (χ2n) is 10.1. The van der Waals surface area contributed by atoms with Crippen LogP contribution in [-0.2, 0) is 0 Å². The highest BCUT2D eigenvalue weighted by atomic mass is 15.2. The zero-order valence-electron chi connectivity index (χ0n) is 22.1. The summed E-state index contributed by atoms with van der Waals surface area (Å²) >= 11 is 0. The Morgan fingerprint density at radius 3 is 1.59 bits per heavy atom. The van der Waals surface area contributed by atoms with E-state index < -0.39 is 0 Å². The van der Waals surface area contributed by atoms with Gasteiger partial charge in [0.1, 0.15) is 5.82 Å². The van der Waals surface area contributed by atoms with Crippen LogP contribution in [0.3, 0.4) is 0 Å². The molecule has 4 heterocycles. The molecule has 7 aromatic rings. The third kappa shape index (κ3) is 4.05. The van der Waals surface area contributed by atoms with Crippen molar-refractivity contribution in [2.75, 3.05) is 4.90 Å². The van der Waals surface area contributed by atoms with Gasteiger partial charge in [-0.15, -0.1) is 0 Å². The van der Waals surface area contributed by atoms with Crippen LogP contribution in [0.5, 0.6) is 0 Å². The first-order valence-electron chi connectivity index (χ1n) is 13.7. The van der Waals surface area contributed by atoms with Gasteiger partial charge < -0.3 is 0 Å². The van der Waals surface area contributed by atoms with E-state index in [0.717, 1.165) is 72.4 Å². The Hall–Kier alpha value is -5.61. The smallest absolute Gasteiger partial charge is 0.138 e. The van der Waals surface area contributed by atoms with Crippen molar-refractivity contribution in [1.82, 2.24) is 15.0 Å². The molecule has 0 unspecified atom stereocenters. The van der Waals surface area contributed by atoms with Crippen molar-refractivity contribution in [3.05, 3.63) is 162 Å². The summed E-state index contributed by atoms with van der Waals surface area (Å²) in [4.78, 5) is 17.7. The summed E-state index contributed by atoms with van der Waals surface area (Å²) in [6, 6.07) is 45.8. The summed E-state index contributed by atoms with van der Waals surface area (Å²) in [5.41, 5.74) is 8.66. The molecule has 41 heavy (non-hydrogen) atoms.